The number of hydrogen-bond acceptors (Lipinski definition) is 6. The lowest BCUT2D eigenvalue weighted by Crippen LogP contribution is -2.36. The number of aromatic nitrogens is 2. The largest absolute Gasteiger partial charge is 0.491 e. The van der Waals surface area contributed by atoms with E-state index in [0.717, 1.165) is 43.8 Å². The molecule has 0 radical (unpaired) electrons. The third-order valence-electron chi connectivity index (χ3n) is 4.77. The van der Waals surface area contributed by atoms with Gasteiger partial charge < -0.3 is 14.8 Å². The lowest BCUT2D eigenvalue weighted by atomic mass is 10.2. The first kappa shape index (κ1) is 17.9. The van der Waals surface area contributed by atoms with Crippen molar-refractivity contribution in [1.82, 2.24) is 14.9 Å². The number of hydrogen-bond donors (Lipinski definition) is 1. The van der Waals surface area contributed by atoms with Crippen LogP contribution < -0.4 is 10.1 Å². The van der Waals surface area contributed by atoms with Gasteiger partial charge in [0, 0.05) is 43.4 Å². The van der Waals surface area contributed by atoms with Crippen LogP contribution in [0.3, 0.4) is 0 Å². The number of amides is 1. The van der Waals surface area contributed by atoms with Crippen LogP contribution in [0, 0.1) is 5.92 Å². The average Bonchev–Trinajstić information content (AvgIpc) is 3.51. The van der Waals surface area contributed by atoms with Gasteiger partial charge in [-0.3, -0.25) is 9.69 Å². The molecular weight excluding hydrogens is 344 g/mol. The maximum absolute atomic E-state index is 12.4. The molecule has 1 aromatic carbocycles. The fourth-order valence-electron chi connectivity index (χ4n) is 2.99. The van der Waals surface area contributed by atoms with Gasteiger partial charge in [0.25, 0.3) is 0 Å². The van der Waals surface area contributed by atoms with Gasteiger partial charge in [-0.15, -0.1) is 0 Å². The van der Waals surface area contributed by atoms with Crippen LogP contribution in [0.15, 0.2) is 36.8 Å². The summed E-state index contributed by atoms with van der Waals surface area (Å²) in [5.74, 6) is 1.11. The minimum absolute atomic E-state index is 0.171. The number of carbonyl (C=O) groups is 1. The third kappa shape index (κ3) is 5.02. The van der Waals surface area contributed by atoms with Crippen LogP contribution in [-0.4, -0.2) is 60.2 Å². The van der Waals surface area contributed by atoms with E-state index in [-0.39, 0.29) is 5.91 Å². The molecule has 1 aliphatic carbocycles. The molecule has 7 nitrogen and oxygen atoms in total. The number of anilines is 1. The van der Waals surface area contributed by atoms with Crippen molar-refractivity contribution in [2.75, 3.05) is 44.8 Å². The van der Waals surface area contributed by atoms with Crippen LogP contribution in [0.4, 0.5) is 5.69 Å². The Labute approximate surface area is 158 Å². The van der Waals surface area contributed by atoms with E-state index in [9.17, 15) is 4.79 Å². The lowest BCUT2D eigenvalue weighted by Gasteiger charge is -2.25. The summed E-state index contributed by atoms with van der Waals surface area (Å²) in [6, 6.07) is 3.73. The van der Waals surface area contributed by atoms with Gasteiger partial charge in [0.15, 0.2) is 0 Å². The van der Waals surface area contributed by atoms with Crippen LogP contribution in [0.1, 0.15) is 12.8 Å². The number of morpholine rings is 1. The Bertz CT molecular complexity index is 829. The first-order valence-corrected chi connectivity index (χ1v) is 9.42. The molecule has 2 fully saturated rings. The van der Waals surface area contributed by atoms with Crippen LogP contribution in [0.2, 0.25) is 0 Å². The van der Waals surface area contributed by atoms with Gasteiger partial charge in [-0.05, 0) is 24.8 Å². The van der Waals surface area contributed by atoms with Crippen molar-refractivity contribution in [3.8, 4) is 5.75 Å². The van der Waals surface area contributed by atoms with E-state index in [1.165, 1.54) is 19.2 Å². The standard InChI is InChI=1S/C20H24N4O3/c25-20(2-1-5-24-6-8-26-9-7-24)23-18-10-16-12-21-14-22-17(16)11-19(18)27-13-15-3-4-15/h1-2,10-12,14-15H,3-9,13H2,(H,23,25). The quantitative estimate of drug-likeness (QED) is 0.756. The van der Waals surface area contributed by atoms with Gasteiger partial charge in [-0.25, -0.2) is 9.97 Å². The molecule has 7 heteroatoms. The molecule has 2 aromatic rings. The SMILES string of the molecule is O=C(C=CCN1CCOCC1)Nc1cc2cncnc2cc1OCC1CC1. The zero-order valence-electron chi connectivity index (χ0n) is 15.3. The van der Waals surface area contributed by atoms with E-state index in [0.29, 0.717) is 24.0 Å². The Hall–Kier alpha value is -2.51. The van der Waals surface area contributed by atoms with E-state index in [1.54, 1.807) is 12.3 Å². The Balaban J connectivity index is 1.43. The maximum Gasteiger partial charge on any atom is 0.248 e. The Morgan fingerprint density at radius 3 is 3.00 bits per heavy atom. The molecular formula is C20H24N4O3. The normalized spacial score (nSPS) is 18.1. The molecule has 0 atom stereocenters. The zero-order valence-corrected chi connectivity index (χ0v) is 15.3. The highest BCUT2D eigenvalue weighted by molar-refractivity contribution is 6.02. The lowest BCUT2D eigenvalue weighted by molar-refractivity contribution is -0.111. The monoisotopic (exact) mass is 368 g/mol. The molecule has 1 N–H and O–H groups in total. The molecule has 1 aromatic heterocycles. The Morgan fingerprint density at radius 2 is 2.19 bits per heavy atom. The first-order chi connectivity index (χ1) is 13.3. The van der Waals surface area contributed by atoms with Crippen LogP contribution >= 0.6 is 0 Å². The highest BCUT2D eigenvalue weighted by Gasteiger charge is 2.22. The fourth-order valence-corrected chi connectivity index (χ4v) is 2.99. The molecule has 2 heterocycles. The number of nitrogens with one attached hydrogen (secondary N) is 1. The summed E-state index contributed by atoms with van der Waals surface area (Å²) in [5.41, 5.74) is 1.45. The van der Waals surface area contributed by atoms with Gasteiger partial charge in [-0.2, -0.15) is 0 Å². The summed E-state index contributed by atoms with van der Waals surface area (Å²) in [4.78, 5) is 22.9. The fraction of sp³-hybridized carbons (Fsp3) is 0.450. The van der Waals surface area contributed by atoms with Crippen LogP contribution in [0.25, 0.3) is 10.9 Å². The first-order valence-electron chi connectivity index (χ1n) is 9.42. The Kier molecular flexibility index (Phi) is 5.60. The van der Waals surface area contributed by atoms with E-state index in [1.807, 2.05) is 18.2 Å². The van der Waals surface area contributed by atoms with Gasteiger partial charge in [0.2, 0.25) is 5.91 Å². The van der Waals surface area contributed by atoms with Crippen molar-refractivity contribution < 1.29 is 14.3 Å². The van der Waals surface area contributed by atoms with E-state index >= 15 is 0 Å². The molecule has 0 unspecified atom stereocenters. The summed E-state index contributed by atoms with van der Waals surface area (Å²) in [6.07, 6.45) is 9.13. The van der Waals surface area contributed by atoms with E-state index in [4.69, 9.17) is 9.47 Å². The summed E-state index contributed by atoms with van der Waals surface area (Å²) in [6.45, 7) is 4.72. The number of ether oxygens (including phenoxy) is 2. The van der Waals surface area contributed by atoms with Crippen LogP contribution in [0.5, 0.6) is 5.75 Å². The third-order valence-corrected chi connectivity index (χ3v) is 4.77. The van der Waals surface area contributed by atoms with Gasteiger partial charge in [0.1, 0.15) is 12.1 Å². The van der Waals surface area contributed by atoms with Crippen molar-refractivity contribution in [2.45, 2.75) is 12.8 Å². The molecule has 1 saturated carbocycles. The highest BCUT2D eigenvalue weighted by Crippen LogP contribution is 2.33. The molecule has 0 bridgehead atoms. The molecule has 142 valence electrons. The molecule has 1 saturated heterocycles. The summed E-state index contributed by atoms with van der Waals surface area (Å²) >= 11 is 0. The molecule has 0 spiro atoms. The van der Waals surface area contributed by atoms with E-state index < -0.39 is 0 Å². The minimum atomic E-state index is -0.171. The minimum Gasteiger partial charge on any atom is -0.491 e. The highest BCUT2D eigenvalue weighted by atomic mass is 16.5. The summed E-state index contributed by atoms with van der Waals surface area (Å²) in [7, 11) is 0. The number of benzene rings is 1. The van der Waals surface area contributed by atoms with Crippen molar-refractivity contribution in [2.24, 2.45) is 5.92 Å². The predicted octanol–water partition coefficient (Wildman–Crippen LogP) is 2.25. The molecule has 2 aliphatic rings. The van der Waals surface area contributed by atoms with Crippen molar-refractivity contribution >= 4 is 22.5 Å². The van der Waals surface area contributed by atoms with Crippen molar-refractivity contribution in [3.63, 3.8) is 0 Å². The molecule has 4 rings (SSSR count). The molecule has 27 heavy (non-hydrogen) atoms. The van der Waals surface area contributed by atoms with Crippen LogP contribution in [-0.2, 0) is 9.53 Å². The topological polar surface area (TPSA) is 76.6 Å². The van der Waals surface area contributed by atoms with Crippen molar-refractivity contribution in [3.05, 3.63) is 36.8 Å². The van der Waals surface area contributed by atoms with Crippen molar-refractivity contribution in [1.29, 1.82) is 0 Å². The second-order valence-electron chi connectivity index (χ2n) is 6.99. The number of fused-ring (bicyclic) bond motifs is 1. The molecule has 1 aliphatic heterocycles. The number of nitrogens with zero attached hydrogens (tertiary/aromatic N) is 3. The smallest absolute Gasteiger partial charge is 0.248 e. The van der Waals surface area contributed by atoms with Gasteiger partial charge in [0.05, 0.1) is 31.0 Å². The average molecular weight is 368 g/mol. The second-order valence-corrected chi connectivity index (χ2v) is 6.99. The zero-order chi connectivity index (χ0) is 18.5. The summed E-state index contributed by atoms with van der Waals surface area (Å²) in [5, 5.41) is 3.80. The number of rotatable bonds is 7. The molecule has 1 amide bonds. The van der Waals surface area contributed by atoms with E-state index in [2.05, 4.69) is 20.2 Å². The maximum atomic E-state index is 12.4. The predicted molar refractivity (Wildman–Crippen MR) is 103 cm³/mol. The van der Waals surface area contributed by atoms with Gasteiger partial charge in [-0.1, -0.05) is 6.08 Å². The Morgan fingerprint density at radius 1 is 1.33 bits per heavy atom. The summed E-state index contributed by atoms with van der Waals surface area (Å²) < 4.78 is 11.3. The second kappa shape index (κ2) is 8.45. The number of carbonyl (C=O) groups excluding carboxylic acids is 1. The van der Waals surface area contributed by atoms with Gasteiger partial charge >= 0.3 is 0 Å².